The summed E-state index contributed by atoms with van der Waals surface area (Å²) in [5.74, 6) is 0. The van der Waals surface area contributed by atoms with Crippen molar-refractivity contribution in [3.05, 3.63) is 0 Å². The first kappa shape index (κ1) is 6.05. The molecule has 0 aliphatic carbocycles. The fourth-order valence-corrected chi connectivity index (χ4v) is 0.361. The highest BCUT2D eigenvalue weighted by molar-refractivity contribution is 6.24. The summed E-state index contributed by atoms with van der Waals surface area (Å²) >= 11 is 0. The first-order valence-corrected chi connectivity index (χ1v) is 1.78. The summed E-state index contributed by atoms with van der Waals surface area (Å²) in [5, 5.41) is 3.00. The van der Waals surface area contributed by atoms with Gasteiger partial charge in [-0.25, -0.2) is 0 Å². The molecular weight excluding hydrogens is 75.7 g/mol. The topological polar surface area (TPSA) is 21.3 Å². The zero-order valence-electron chi connectivity index (χ0n) is 3.03. The van der Waals surface area contributed by atoms with Crippen molar-refractivity contribution in [3.63, 3.8) is 0 Å². The number of rotatable bonds is 0. The maximum Gasteiger partial charge on any atom is 0.360 e. The maximum atomic E-state index is 4.83. The zero-order valence-corrected chi connectivity index (χ0v) is 3.03. The van der Waals surface area contributed by atoms with E-state index in [1.165, 1.54) is 0 Å². The van der Waals surface area contributed by atoms with Crippen LogP contribution >= 0.6 is 0 Å². The molecule has 1 rings (SSSR count). The summed E-state index contributed by atoms with van der Waals surface area (Å²) in [5.41, 5.74) is 0. The van der Waals surface area contributed by atoms with Crippen LogP contribution < -0.4 is 5.23 Å². The van der Waals surface area contributed by atoms with Crippen LogP contribution in [0.15, 0.2) is 0 Å². The lowest BCUT2D eigenvalue weighted by atomic mass is 10.3. The van der Waals surface area contributed by atoms with E-state index in [-0.39, 0.29) is 8.41 Å². The third kappa shape index (κ3) is 1.48. The minimum absolute atomic E-state index is 0. The fraction of sp³-hybridized carbons (Fsp3) is 1.00. The molecule has 34 valence electrons. The molecule has 0 bridgehead atoms. The molecule has 1 heterocycles. The molecule has 4 heteroatoms. The smallest absolute Gasteiger partial charge is 0.360 e. The van der Waals surface area contributed by atoms with Gasteiger partial charge in [0.05, 0.1) is 8.41 Å². The van der Waals surface area contributed by atoms with Crippen LogP contribution in [0.1, 0.15) is 0 Å². The number of hydrogen-bond acceptors (Lipinski definition) is 2. The van der Waals surface area contributed by atoms with Gasteiger partial charge in [-0.2, -0.15) is 0 Å². The Balaban J connectivity index is 0.000000250. The Hall–Kier alpha value is 0.0499. The maximum absolute atomic E-state index is 4.83. The SMILES string of the molecule is B.B1NCCO1. The second kappa shape index (κ2) is 3.25. The van der Waals surface area contributed by atoms with E-state index in [0.29, 0.717) is 0 Å². The molecule has 0 spiro atoms. The summed E-state index contributed by atoms with van der Waals surface area (Å²) in [6, 6.07) is 0. The molecule has 1 fully saturated rings. The lowest BCUT2D eigenvalue weighted by Crippen LogP contribution is -2.09. The van der Waals surface area contributed by atoms with Crippen LogP contribution in [0.5, 0.6) is 0 Å². The molecule has 0 radical (unpaired) electrons. The van der Waals surface area contributed by atoms with Gasteiger partial charge >= 0.3 is 7.62 Å². The van der Waals surface area contributed by atoms with Gasteiger partial charge in [0, 0.05) is 13.2 Å². The van der Waals surface area contributed by atoms with Gasteiger partial charge in [0.1, 0.15) is 0 Å². The van der Waals surface area contributed by atoms with Gasteiger partial charge in [-0.15, -0.1) is 0 Å². The molecule has 0 unspecified atom stereocenters. The molecule has 1 N–H and O–H groups in total. The highest BCUT2D eigenvalue weighted by Gasteiger charge is 1.96. The Morgan fingerprint density at radius 3 is 2.67 bits per heavy atom. The van der Waals surface area contributed by atoms with E-state index in [2.05, 4.69) is 5.23 Å². The van der Waals surface area contributed by atoms with Crippen molar-refractivity contribution in [3.8, 4) is 0 Å². The van der Waals surface area contributed by atoms with Gasteiger partial charge in [-0.05, 0) is 0 Å². The van der Waals surface area contributed by atoms with Crippen LogP contribution in [-0.2, 0) is 4.65 Å². The molecule has 1 aliphatic heterocycles. The first-order valence-electron chi connectivity index (χ1n) is 1.78. The molecule has 0 atom stereocenters. The highest BCUT2D eigenvalue weighted by atomic mass is 16.4. The summed E-state index contributed by atoms with van der Waals surface area (Å²) in [4.78, 5) is 0. The average molecular weight is 84.7 g/mol. The van der Waals surface area contributed by atoms with Crippen LogP contribution in [0, 0.1) is 0 Å². The molecule has 1 aliphatic rings. The predicted molar refractivity (Wildman–Crippen MR) is 31.0 cm³/mol. The quantitative estimate of drug-likeness (QED) is 0.333. The Morgan fingerprint density at radius 2 is 2.50 bits per heavy atom. The van der Waals surface area contributed by atoms with Crippen LogP contribution in [0.4, 0.5) is 0 Å². The Morgan fingerprint density at radius 1 is 1.67 bits per heavy atom. The Bertz CT molecular complexity index is 23.1. The minimum Gasteiger partial charge on any atom is -0.423 e. The van der Waals surface area contributed by atoms with E-state index in [4.69, 9.17) is 4.65 Å². The third-order valence-corrected chi connectivity index (χ3v) is 0.627. The molecule has 0 aromatic carbocycles. The van der Waals surface area contributed by atoms with E-state index in [1.54, 1.807) is 0 Å². The summed E-state index contributed by atoms with van der Waals surface area (Å²) in [6.45, 7) is 1.92. The van der Waals surface area contributed by atoms with Crippen LogP contribution in [0.2, 0.25) is 0 Å². The normalized spacial score (nSPS) is 18.7. The van der Waals surface area contributed by atoms with Gasteiger partial charge in [0.15, 0.2) is 0 Å². The van der Waals surface area contributed by atoms with Gasteiger partial charge in [0.25, 0.3) is 0 Å². The lowest BCUT2D eigenvalue weighted by molar-refractivity contribution is 0.385. The van der Waals surface area contributed by atoms with E-state index in [1.807, 2.05) is 0 Å². The standard InChI is InChI=1S/C2H6BNO.BH3/c1-2-5-3-4-1;/h3-4H,1-2H2;1H3. The average Bonchev–Trinajstić information content (AvgIpc) is 1.76. The van der Waals surface area contributed by atoms with E-state index in [9.17, 15) is 0 Å². The van der Waals surface area contributed by atoms with Gasteiger partial charge < -0.3 is 9.88 Å². The van der Waals surface area contributed by atoms with Crippen molar-refractivity contribution >= 4 is 16.0 Å². The largest absolute Gasteiger partial charge is 0.423 e. The molecule has 0 aromatic rings. The summed E-state index contributed by atoms with van der Waals surface area (Å²) < 4.78 is 4.83. The fourth-order valence-electron chi connectivity index (χ4n) is 0.361. The van der Waals surface area contributed by atoms with Crippen molar-refractivity contribution in [2.24, 2.45) is 0 Å². The summed E-state index contributed by atoms with van der Waals surface area (Å²) in [6.07, 6.45) is 0. The lowest BCUT2D eigenvalue weighted by Gasteiger charge is -1.73. The summed E-state index contributed by atoms with van der Waals surface area (Å²) in [7, 11) is 0.750. The second-order valence-electron chi connectivity index (χ2n) is 1.05. The van der Waals surface area contributed by atoms with Crippen molar-refractivity contribution in [2.45, 2.75) is 0 Å². The minimum atomic E-state index is 0. The third-order valence-electron chi connectivity index (χ3n) is 0.627. The molecule has 0 aromatic heterocycles. The van der Waals surface area contributed by atoms with E-state index < -0.39 is 0 Å². The van der Waals surface area contributed by atoms with E-state index in [0.717, 1.165) is 20.8 Å². The van der Waals surface area contributed by atoms with Gasteiger partial charge in [-0.3, -0.25) is 0 Å². The van der Waals surface area contributed by atoms with Crippen LogP contribution in [-0.4, -0.2) is 29.2 Å². The van der Waals surface area contributed by atoms with Crippen molar-refractivity contribution in [2.75, 3.05) is 13.2 Å². The van der Waals surface area contributed by atoms with Crippen molar-refractivity contribution in [1.82, 2.24) is 5.23 Å². The number of hydrogen-bond donors (Lipinski definition) is 1. The van der Waals surface area contributed by atoms with Crippen molar-refractivity contribution < 1.29 is 4.65 Å². The molecule has 0 amide bonds. The Labute approximate surface area is 40.1 Å². The van der Waals surface area contributed by atoms with Crippen LogP contribution in [0.25, 0.3) is 0 Å². The number of nitrogens with one attached hydrogen (secondary N) is 1. The monoisotopic (exact) mass is 85.1 g/mol. The molecule has 1 saturated heterocycles. The van der Waals surface area contributed by atoms with Gasteiger partial charge in [-0.1, -0.05) is 0 Å². The zero-order chi connectivity index (χ0) is 3.54. The molecule has 0 saturated carbocycles. The van der Waals surface area contributed by atoms with Gasteiger partial charge in [0.2, 0.25) is 0 Å². The van der Waals surface area contributed by atoms with Crippen LogP contribution in [0.3, 0.4) is 0 Å². The predicted octanol–water partition coefficient (Wildman–Crippen LogP) is -2.31. The molecular formula is C2H9B2NO. The Kier molecular flexibility index (Phi) is 3.27. The van der Waals surface area contributed by atoms with E-state index >= 15 is 0 Å². The first-order chi connectivity index (χ1) is 2.50. The van der Waals surface area contributed by atoms with Crippen molar-refractivity contribution in [1.29, 1.82) is 0 Å². The second-order valence-corrected chi connectivity index (χ2v) is 1.05. The highest BCUT2D eigenvalue weighted by Crippen LogP contribution is 1.72. The molecule has 2 nitrogen and oxygen atoms in total. The molecule has 6 heavy (non-hydrogen) atoms.